The van der Waals surface area contributed by atoms with E-state index in [1.807, 2.05) is 34.0 Å². The summed E-state index contributed by atoms with van der Waals surface area (Å²) in [7, 11) is 0.431. The van der Waals surface area contributed by atoms with Gasteiger partial charge in [0.25, 0.3) is 0 Å². The van der Waals surface area contributed by atoms with Crippen molar-refractivity contribution in [1.29, 1.82) is 0 Å². The topological polar surface area (TPSA) is 52.7 Å². The Morgan fingerprint density at radius 2 is 1.64 bits per heavy atom. The zero-order valence-electron chi connectivity index (χ0n) is 19.9. The Morgan fingerprint density at radius 3 is 2.30 bits per heavy atom. The van der Waals surface area contributed by atoms with E-state index in [9.17, 15) is 8.42 Å². The molecule has 33 heavy (non-hydrogen) atoms. The van der Waals surface area contributed by atoms with E-state index in [2.05, 4.69) is 63.1 Å². The van der Waals surface area contributed by atoms with Crippen LogP contribution in [0.15, 0.2) is 71.6 Å². The lowest BCUT2D eigenvalue weighted by Gasteiger charge is -2.36. The van der Waals surface area contributed by atoms with E-state index in [1.54, 1.807) is 12.1 Å². The van der Waals surface area contributed by atoms with Crippen LogP contribution < -0.4 is 9.62 Å². The number of sulfonamides is 1. The molecule has 0 saturated carbocycles. The molecule has 0 saturated heterocycles. The largest absolute Gasteiger partial charge is 0.378 e. The molecule has 1 aliphatic rings. The zero-order chi connectivity index (χ0) is 23.6. The highest BCUT2D eigenvalue weighted by molar-refractivity contribution is 7.89. The van der Waals surface area contributed by atoms with Crippen LogP contribution in [0.2, 0.25) is 0 Å². The highest BCUT2D eigenvalue weighted by atomic mass is 32.2. The predicted molar refractivity (Wildman–Crippen MR) is 135 cm³/mol. The van der Waals surface area contributed by atoms with Gasteiger partial charge in [0.1, 0.15) is 0 Å². The van der Waals surface area contributed by atoms with Gasteiger partial charge in [-0.05, 0) is 72.4 Å². The molecule has 1 N–H and O–H groups in total. The molecule has 1 heterocycles. The number of hydrogen-bond donors (Lipinski definition) is 1. The molecular weight excluding hydrogens is 430 g/mol. The predicted octanol–water partition coefficient (Wildman–Crippen LogP) is 4.45. The summed E-state index contributed by atoms with van der Waals surface area (Å²) in [6.07, 6.45) is 0.965. The number of nitrogens with zero attached hydrogens (tertiary/aromatic N) is 2. The molecule has 0 fully saturated rings. The van der Waals surface area contributed by atoms with Crippen LogP contribution in [-0.2, 0) is 23.0 Å². The smallest absolute Gasteiger partial charge is 0.240 e. The van der Waals surface area contributed by atoms with Crippen LogP contribution in [-0.4, -0.2) is 40.5 Å². The summed E-state index contributed by atoms with van der Waals surface area (Å²) in [5.41, 5.74) is 6.99. The molecule has 6 heteroatoms. The van der Waals surface area contributed by atoms with Gasteiger partial charge in [-0.2, -0.15) is 0 Å². The quantitative estimate of drug-likeness (QED) is 0.563. The molecule has 174 valence electrons. The van der Waals surface area contributed by atoms with E-state index in [0.717, 1.165) is 41.9 Å². The van der Waals surface area contributed by atoms with E-state index < -0.39 is 10.0 Å². The molecule has 3 aromatic carbocycles. The number of anilines is 1. The summed E-state index contributed by atoms with van der Waals surface area (Å²) >= 11 is 0. The van der Waals surface area contributed by atoms with Crippen molar-refractivity contribution in [3.63, 3.8) is 0 Å². The minimum atomic E-state index is -3.61. The number of hydrogen-bond acceptors (Lipinski definition) is 4. The fourth-order valence-corrected chi connectivity index (χ4v) is 5.51. The number of fused-ring (bicyclic) bond motifs is 1. The van der Waals surface area contributed by atoms with E-state index >= 15 is 0 Å². The molecule has 1 aliphatic heterocycles. The van der Waals surface area contributed by atoms with Gasteiger partial charge in [-0.15, -0.1) is 0 Å². The number of aryl methyl sites for hydroxylation is 2. The fourth-order valence-electron chi connectivity index (χ4n) is 4.39. The molecule has 0 radical (unpaired) electrons. The Morgan fingerprint density at radius 1 is 0.939 bits per heavy atom. The molecule has 0 spiro atoms. The monoisotopic (exact) mass is 463 g/mol. The summed E-state index contributed by atoms with van der Waals surface area (Å²) in [6, 6.07) is 22.2. The van der Waals surface area contributed by atoms with Gasteiger partial charge in [-0.3, -0.25) is 4.90 Å². The number of rotatable bonds is 7. The first-order valence-electron chi connectivity index (χ1n) is 11.4. The third kappa shape index (κ3) is 5.29. The van der Waals surface area contributed by atoms with Gasteiger partial charge in [0.15, 0.2) is 0 Å². The zero-order valence-corrected chi connectivity index (χ0v) is 20.7. The van der Waals surface area contributed by atoms with E-state index in [-0.39, 0.29) is 6.04 Å². The van der Waals surface area contributed by atoms with Crippen LogP contribution in [0.25, 0.3) is 0 Å². The van der Waals surface area contributed by atoms with Crippen LogP contribution in [0.3, 0.4) is 0 Å². The average Bonchev–Trinajstić information content (AvgIpc) is 2.81. The van der Waals surface area contributed by atoms with Crippen LogP contribution in [0.1, 0.15) is 33.9 Å². The second kappa shape index (κ2) is 9.67. The van der Waals surface area contributed by atoms with Gasteiger partial charge in [0, 0.05) is 45.5 Å². The van der Waals surface area contributed by atoms with Crippen LogP contribution >= 0.6 is 0 Å². The third-order valence-electron chi connectivity index (χ3n) is 6.65. The van der Waals surface area contributed by atoms with Gasteiger partial charge in [-0.25, -0.2) is 13.1 Å². The molecule has 3 aromatic rings. The Bertz CT molecular complexity index is 1220. The number of benzene rings is 3. The summed E-state index contributed by atoms with van der Waals surface area (Å²) in [6.45, 7) is 5.94. The fraction of sp³-hybridized carbons (Fsp3) is 0.333. The first-order chi connectivity index (χ1) is 15.7. The standard InChI is InChI=1S/C27H33N3O2S/c1-20-9-14-26(17-21(20)2)33(31,32)28-18-27(23-10-12-25(13-11-23)29(3)4)30-16-15-22-7-5-6-8-24(22)19-30/h5-14,17,27-28H,15-16,18-19H2,1-4H3/t27-/m0/s1. The molecule has 0 amide bonds. The lowest BCUT2D eigenvalue weighted by molar-refractivity contribution is 0.180. The van der Waals surface area contributed by atoms with E-state index in [4.69, 9.17) is 0 Å². The van der Waals surface area contributed by atoms with Crippen LogP contribution in [0.5, 0.6) is 0 Å². The second-order valence-electron chi connectivity index (χ2n) is 9.09. The van der Waals surface area contributed by atoms with Gasteiger partial charge >= 0.3 is 0 Å². The first kappa shape index (κ1) is 23.5. The normalized spacial score (nSPS) is 15.2. The highest BCUT2D eigenvalue weighted by Crippen LogP contribution is 2.29. The van der Waals surface area contributed by atoms with E-state index in [0.29, 0.717) is 11.4 Å². The SMILES string of the molecule is Cc1ccc(S(=O)(=O)NC[C@@H](c2ccc(N(C)C)cc2)N2CCc3ccccc3C2)cc1C. The maximum absolute atomic E-state index is 13.1. The third-order valence-corrected chi connectivity index (χ3v) is 8.07. The molecule has 0 bridgehead atoms. The van der Waals surface area contributed by atoms with Crippen LogP contribution in [0, 0.1) is 13.8 Å². The van der Waals surface area contributed by atoms with Crippen LogP contribution in [0.4, 0.5) is 5.69 Å². The lowest BCUT2D eigenvalue weighted by Crippen LogP contribution is -2.40. The van der Waals surface area contributed by atoms with Crippen molar-refractivity contribution in [1.82, 2.24) is 9.62 Å². The van der Waals surface area contributed by atoms with Crippen molar-refractivity contribution in [3.8, 4) is 0 Å². The van der Waals surface area contributed by atoms with Crippen molar-refractivity contribution in [2.45, 2.75) is 37.8 Å². The van der Waals surface area contributed by atoms with Gasteiger partial charge in [-0.1, -0.05) is 42.5 Å². The Kier molecular flexibility index (Phi) is 6.88. The molecule has 5 nitrogen and oxygen atoms in total. The summed E-state index contributed by atoms with van der Waals surface area (Å²) in [4.78, 5) is 4.77. The number of nitrogens with one attached hydrogen (secondary N) is 1. The van der Waals surface area contributed by atoms with Crippen molar-refractivity contribution in [2.75, 3.05) is 32.1 Å². The first-order valence-corrected chi connectivity index (χ1v) is 12.9. The average molecular weight is 464 g/mol. The van der Waals surface area contributed by atoms with Crippen molar-refractivity contribution < 1.29 is 8.42 Å². The molecule has 1 atom stereocenters. The second-order valence-corrected chi connectivity index (χ2v) is 10.9. The Hall–Kier alpha value is -2.67. The van der Waals surface area contributed by atoms with Gasteiger partial charge in [0.2, 0.25) is 10.0 Å². The van der Waals surface area contributed by atoms with E-state index in [1.165, 1.54) is 11.1 Å². The molecule has 0 unspecified atom stereocenters. The lowest BCUT2D eigenvalue weighted by atomic mass is 9.96. The highest BCUT2D eigenvalue weighted by Gasteiger charge is 2.27. The maximum Gasteiger partial charge on any atom is 0.240 e. The minimum Gasteiger partial charge on any atom is -0.378 e. The van der Waals surface area contributed by atoms with Crippen molar-refractivity contribution in [2.24, 2.45) is 0 Å². The molecular formula is C27H33N3O2S. The van der Waals surface area contributed by atoms with Gasteiger partial charge in [0.05, 0.1) is 4.90 Å². The molecule has 0 aromatic heterocycles. The molecule has 4 rings (SSSR count). The van der Waals surface area contributed by atoms with Crippen molar-refractivity contribution in [3.05, 3.63) is 94.5 Å². The minimum absolute atomic E-state index is 0.0594. The van der Waals surface area contributed by atoms with Crippen molar-refractivity contribution >= 4 is 15.7 Å². The molecule has 0 aliphatic carbocycles. The summed E-state index contributed by atoms with van der Waals surface area (Å²) in [5.74, 6) is 0. The summed E-state index contributed by atoms with van der Waals surface area (Å²) in [5, 5.41) is 0. The maximum atomic E-state index is 13.1. The Labute approximate surface area is 198 Å². The Balaban J connectivity index is 1.60. The summed E-state index contributed by atoms with van der Waals surface area (Å²) < 4.78 is 29.1. The van der Waals surface area contributed by atoms with Gasteiger partial charge < -0.3 is 4.90 Å².